The second-order valence-electron chi connectivity index (χ2n) is 18.3. The largest absolute Gasteiger partial charge is 0.573 e. The number of ether oxygens (including phenoxy) is 2. The first-order valence-corrected chi connectivity index (χ1v) is 22.4. The molecule has 14 nitrogen and oxygen atoms in total. The van der Waals surface area contributed by atoms with Crippen molar-refractivity contribution in [1.29, 1.82) is 0 Å². The van der Waals surface area contributed by atoms with E-state index in [1.54, 1.807) is 13.8 Å². The lowest BCUT2D eigenvalue weighted by molar-refractivity contribution is -0.274. The Morgan fingerprint density at radius 2 is 1.78 bits per heavy atom. The van der Waals surface area contributed by atoms with Crippen molar-refractivity contribution >= 4 is 44.7 Å². The first kappa shape index (κ1) is 42.1. The highest BCUT2D eigenvalue weighted by atomic mass is 32.2. The zero-order valence-corrected chi connectivity index (χ0v) is 34.8. The molecule has 8 rings (SSSR count). The molecule has 0 radical (unpaired) electrons. The molecule has 2 aromatic rings. The third kappa shape index (κ3) is 7.65. The molecule has 4 fully saturated rings. The number of fused-ring (bicyclic) bond motifs is 5. The lowest BCUT2D eigenvalue weighted by Gasteiger charge is -2.43. The molecule has 0 bridgehead atoms. The highest BCUT2D eigenvalue weighted by molar-refractivity contribution is 7.91. The van der Waals surface area contributed by atoms with Crippen molar-refractivity contribution < 1.29 is 55.3 Å². The van der Waals surface area contributed by atoms with E-state index < -0.39 is 85.4 Å². The zero-order valence-electron chi connectivity index (χ0n) is 34.0. The standard InChI is InChI=1S/C42H52F3N5O9S/c1-25-33-28(29-21-27(58-42(43,44)45)13-14-30(29)46-25)15-18-40(59-33)23-32-34(51)47-41(36(53)48-60(56,57)39(3)19-20-39)22-26(41)11-7-5-4-6-8-12-31(35(52)49(32)24-40)50(37(54)55)38(2)16-9-10-17-38/h7,11,13-14,21,26,31-32H,4-6,8-10,12,15-20,22-24H2,1-3H3,(H,47,51)(H,48,53)(H,54,55)/b11-7-/t26-,31+,32+,40-,41-/m1/s1. The van der Waals surface area contributed by atoms with Crippen LogP contribution in [-0.4, -0.2) is 98.5 Å². The Morgan fingerprint density at radius 1 is 1.05 bits per heavy atom. The smallest absolute Gasteiger partial charge is 0.483 e. The Hall–Kier alpha value is -4.61. The topological polar surface area (TPSA) is 185 Å². The van der Waals surface area contributed by atoms with Crippen LogP contribution in [-0.2, 0) is 30.8 Å². The van der Waals surface area contributed by atoms with Crippen molar-refractivity contribution in [1.82, 2.24) is 24.8 Å². The summed E-state index contributed by atoms with van der Waals surface area (Å²) in [6, 6.07) is 1.48. The summed E-state index contributed by atoms with van der Waals surface area (Å²) < 4.78 is 78.3. The summed E-state index contributed by atoms with van der Waals surface area (Å²) in [7, 11) is -4.07. The van der Waals surface area contributed by atoms with Gasteiger partial charge in [-0.15, -0.1) is 13.2 Å². The van der Waals surface area contributed by atoms with Crippen LogP contribution in [0, 0.1) is 12.8 Å². The van der Waals surface area contributed by atoms with Crippen LogP contribution in [0.3, 0.4) is 0 Å². The molecule has 3 aliphatic carbocycles. The second-order valence-corrected chi connectivity index (χ2v) is 20.5. The molecule has 1 spiro atoms. The fourth-order valence-corrected chi connectivity index (χ4v) is 11.4. The van der Waals surface area contributed by atoms with Crippen LogP contribution >= 0.6 is 0 Å². The van der Waals surface area contributed by atoms with Crippen LogP contribution in [0.1, 0.15) is 115 Å². The van der Waals surface area contributed by atoms with Crippen molar-refractivity contribution in [3.05, 3.63) is 41.6 Å². The predicted molar refractivity (Wildman–Crippen MR) is 211 cm³/mol. The highest BCUT2D eigenvalue weighted by Crippen LogP contribution is 2.50. The number of carboxylic acid groups (broad SMARTS) is 1. The van der Waals surface area contributed by atoms with E-state index in [1.165, 1.54) is 28.0 Å². The van der Waals surface area contributed by atoms with Crippen LogP contribution in [0.5, 0.6) is 11.5 Å². The Kier molecular flexibility index (Phi) is 10.4. The number of hydrogen-bond acceptors (Lipinski definition) is 9. The van der Waals surface area contributed by atoms with Gasteiger partial charge in [0.2, 0.25) is 21.8 Å². The lowest BCUT2D eigenvalue weighted by atomic mass is 9.87. The summed E-state index contributed by atoms with van der Waals surface area (Å²) >= 11 is 0. The minimum absolute atomic E-state index is 0.0651. The van der Waals surface area contributed by atoms with E-state index in [0.717, 1.165) is 19.3 Å². The van der Waals surface area contributed by atoms with Crippen molar-refractivity contribution in [2.24, 2.45) is 5.92 Å². The third-order valence-corrected chi connectivity index (χ3v) is 16.1. The van der Waals surface area contributed by atoms with Gasteiger partial charge >= 0.3 is 12.5 Å². The third-order valence-electron chi connectivity index (χ3n) is 13.9. The molecular formula is C42H52F3N5O9S. The molecule has 5 atom stereocenters. The molecule has 0 unspecified atom stereocenters. The summed E-state index contributed by atoms with van der Waals surface area (Å²) in [6.07, 6.45) is 4.48. The van der Waals surface area contributed by atoms with Crippen LogP contribution in [0.4, 0.5) is 18.0 Å². The number of carbonyl (C=O) groups excluding carboxylic acids is 3. The Bertz CT molecular complexity index is 2260. The number of allylic oxidation sites excluding steroid dienone is 1. The summed E-state index contributed by atoms with van der Waals surface area (Å²) in [5.74, 6) is -2.77. The van der Waals surface area contributed by atoms with Crippen molar-refractivity contribution in [3.63, 3.8) is 0 Å². The maximum Gasteiger partial charge on any atom is 0.573 e. The number of aromatic nitrogens is 1. The van der Waals surface area contributed by atoms with Gasteiger partial charge in [0.25, 0.3) is 5.91 Å². The molecule has 18 heteroatoms. The Balaban J connectivity index is 1.18. The number of sulfonamides is 1. The second kappa shape index (κ2) is 14.8. The summed E-state index contributed by atoms with van der Waals surface area (Å²) in [6.45, 7) is 4.98. The number of nitrogens with zero attached hydrogens (tertiary/aromatic N) is 3. The number of rotatable bonds is 6. The summed E-state index contributed by atoms with van der Waals surface area (Å²) in [4.78, 5) is 64.6. The monoisotopic (exact) mass is 859 g/mol. The molecule has 326 valence electrons. The predicted octanol–water partition coefficient (Wildman–Crippen LogP) is 6.18. The molecule has 1 saturated heterocycles. The summed E-state index contributed by atoms with van der Waals surface area (Å²) in [5.41, 5.74) is -2.18. The van der Waals surface area contributed by atoms with E-state index in [4.69, 9.17) is 4.74 Å². The number of carbonyl (C=O) groups is 4. The molecule has 3 saturated carbocycles. The maximum atomic E-state index is 15.2. The fourth-order valence-electron chi connectivity index (χ4n) is 10.1. The van der Waals surface area contributed by atoms with Crippen LogP contribution in [0.15, 0.2) is 30.4 Å². The number of amides is 4. The van der Waals surface area contributed by atoms with Crippen molar-refractivity contribution in [2.75, 3.05) is 6.54 Å². The molecular weight excluding hydrogens is 808 g/mol. The van der Waals surface area contributed by atoms with Crippen LogP contribution in [0.25, 0.3) is 10.9 Å². The average molecular weight is 860 g/mol. The van der Waals surface area contributed by atoms with Gasteiger partial charge in [-0.3, -0.25) is 24.0 Å². The Morgan fingerprint density at radius 3 is 2.47 bits per heavy atom. The molecule has 6 aliphatic rings. The average Bonchev–Trinajstić information content (AvgIpc) is 3.99. The van der Waals surface area contributed by atoms with E-state index in [1.807, 2.05) is 19.1 Å². The Labute approximate surface area is 346 Å². The number of alkyl halides is 3. The van der Waals surface area contributed by atoms with Gasteiger partial charge < -0.3 is 24.8 Å². The van der Waals surface area contributed by atoms with Gasteiger partial charge in [0.1, 0.15) is 34.7 Å². The zero-order chi connectivity index (χ0) is 43.0. The van der Waals surface area contributed by atoms with E-state index in [9.17, 15) is 41.1 Å². The van der Waals surface area contributed by atoms with Crippen molar-refractivity contribution in [3.8, 4) is 11.5 Å². The van der Waals surface area contributed by atoms with Crippen LogP contribution in [0.2, 0.25) is 0 Å². The quantitative estimate of drug-likeness (QED) is 0.284. The maximum absolute atomic E-state index is 15.2. The summed E-state index contributed by atoms with van der Waals surface area (Å²) in [5, 5.41) is 14.1. The number of pyridine rings is 1. The van der Waals surface area contributed by atoms with Crippen molar-refractivity contribution in [2.45, 2.75) is 157 Å². The first-order valence-electron chi connectivity index (χ1n) is 21.0. The number of nitrogens with one attached hydrogen (secondary N) is 2. The molecule has 3 aliphatic heterocycles. The number of benzene rings is 1. The van der Waals surface area contributed by atoms with Crippen LogP contribution < -0.4 is 19.5 Å². The molecule has 4 heterocycles. The number of halogens is 3. The van der Waals surface area contributed by atoms with E-state index in [2.05, 4.69) is 19.8 Å². The fraction of sp³-hybridized carbons (Fsp3) is 0.643. The first-order chi connectivity index (χ1) is 28.2. The number of aryl methyl sites for hydroxylation is 2. The number of hydrogen-bond donors (Lipinski definition) is 3. The minimum Gasteiger partial charge on any atom is -0.483 e. The van der Waals surface area contributed by atoms with Gasteiger partial charge in [0.15, 0.2) is 0 Å². The molecule has 60 heavy (non-hydrogen) atoms. The van der Waals surface area contributed by atoms with Gasteiger partial charge in [-0.05, 0) is 103 Å². The molecule has 4 amide bonds. The molecule has 1 aromatic carbocycles. The lowest BCUT2D eigenvalue weighted by Crippen LogP contribution is -2.61. The highest BCUT2D eigenvalue weighted by Gasteiger charge is 2.64. The van der Waals surface area contributed by atoms with E-state index in [0.29, 0.717) is 72.9 Å². The van der Waals surface area contributed by atoms with E-state index >= 15 is 4.79 Å². The van der Waals surface area contributed by atoms with Gasteiger partial charge in [-0.2, -0.15) is 0 Å². The minimum atomic E-state index is -4.91. The van der Waals surface area contributed by atoms with E-state index in [-0.39, 0.29) is 38.6 Å². The molecule has 3 N–H and O–H groups in total. The SMILES string of the molecule is Cc1nc2ccc(OC(F)(F)F)cc2c2c1O[C@]1(CC2)C[C@H]2C(=O)N[C@]3(C(=O)NS(=O)(=O)C4(C)CC4)C[C@H]3/C=C\CCCCC[C@H](N(C(=O)O)C3(C)CCCC3)C(=O)N2C1. The van der Waals surface area contributed by atoms with Gasteiger partial charge in [-0.25, -0.2) is 18.2 Å². The normalized spacial score (nSPS) is 30.4. The molecule has 1 aromatic heterocycles. The van der Waals surface area contributed by atoms with Gasteiger partial charge in [-0.1, -0.05) is 37.8 Å². The van der Waals surface area contributed by atoms with Gasteiger partial charge in [0.05, 0.1) is 22.5 Å². The van der Waals surface area contributed by atoms with Gasteiger partial charge in [0, 0.05) is 28.8 Å².